The first-order chi connectivity index (χ1) is 33.3. The van der Waals surface area contributed by atoms with Crippen molar-refractivity contribution in [2.45, 2.75) is 104 Å². The van der Waals surface area contributed by atoms with E-state index in [1.165, 1.54) is 20.3 Å². The molecule has 3 aliphatic heterocycles. The quantitative estimate of drug-likeness (QED) is 0.0502. The number of halogens is 1. The number of benzene rings is 3. The predicted octanol–water partition coefficient (Wildman–Crippen LogP) is 7.21. The maximum Gasteiger partial charge on any atom is 0.407 e. The number of aliphatic hydroxyl groups excluding tert-OH is 2. The maximum atomic E-state index is 16.9. The van der Waals surface area contributed by atoms with Crippen LogP contribution in [0.25, 0.3) is 44.7 Å². The van der Waals surface area contributed by atoms with Crippen molar-refractivity contribution in [2.75, 3.05) is 33.9 Å². The number of fused-ring (bicyclic) bond motifs is 6. The zero-order valence-electron chi connectivity index (χ0n) is 40.1. The molecule has 1 saturated heterocycles. The summed E-state index contributed by atoms with van der Waals surface area (Å²) in [5, 5.41) is 28.2. The summed E-state index contributed by atoms with van der Waals surface area (Å²) in [5.74, 6) is 1.50. The van der Waals surface area contributed by atoms with Gasteiger partial charge in [0, 0.05) is 48.7 Å². The lowest BCUT2D eigenvalue weighted by Crippen LogP contribution is -2.55. The molecule has 6 atom stereocenters. The van der Waals surface area contributed by atoms with Gasteiger partial charge in [-0.05, 0) is 73.1 Å². The molecule has 1 fully saturated rings. The minimum Gasteiger partial charge on any atom is -0.493 e. The Morgan fingerprint density at radius 2 is 1.77 bits per heavy atom. The lowest BCUT2D eigenvalue weighted by atomic mass is 10.0. The van der Waals surface area contributed by atoms with Crippen molar-refractivity contribution in [1.29, 1.82) is 0 Å². The van der Waals surface area contributed by atoms with Gasteiger partial charge in [0.1, 0.15) is 41.2 Å². The van der Waals surface area contributed by atoms with E-state index in [-0.39, 0.29) is 23.8 Å². The lowest BCUT2D eigenvalue weighted by Gasteiger charge is -2.36. The SMILES string of the molecule is CCCN(Cc1ncc(-c2ccc3c(c2)cc2n3C(c3ccc4c(c3)OCC4)Oc3cc(-c4cnc(C5CCCN5C(=O)C(NC(=O)OC)C(C)C)[nH]4)cc(F)c3-2)[nH]1)C(O)C(NC(O)OC)C(C)C. The van der Waals surface area contributed by atoms with Crippen LogP contribution in [0.4, 0.5) is 9.18 Å². The second kappa shape index (κ2) is 20.0. The van der Waals surface area contributed by atoms with Crippen molar-refractivity contribution in [1.82, 2.24) is 44.9 Å². The number of carbonyl (C=O) groups is 2. The summed E-state index contributed by atoms with van der Waals surface area (Å²) in [4.78, 5) is 45.9. The highest BCUT2D eigenvalue weighted by Crippen LogP contribution is 2.48. The number of nitrogens with one attached hydrogen (secondary N) is 4. The van der Waals surface area contributed by atoms with Gasteiger partial charge in [0.2, 0.25) is 18.5 Å². The molecule has 0 spiro atoms. The molecule has 3 aliphatic rings. The Morgan fingerprint density at radius 3 is 2.52 bits per heavy atom. The Bertz CT molecular complexity index is 2820. The fourth-order valence-electron chi connectivity index (χ4n) is 9.96. The monoisotopic (exact) mass is 947 g/mol. The van der Waals surface area contributed by atoms with Gasteiger partial charge in [-0.2, -0.15) is 0 Å². The molecule has 6 unspecified atom stereocenters. The number of aliphatic hydroxyl groups is 2. The van der Waals surface area contributed by atoms with Gasteiger partial charge in [0.05, 0.1) is 72.9 Å². The fourth-order valence-corrected chi connectivity index (χ4v) is 9.96. The zero-order valence-corrected chi connectivity index (χ0v) is 40.1. The van der Waals surface area contributed by atoms with E-state index in [9.17, 15) is 19.8 Å². The number of aromatic nitrogens is 5. The Morgan fingerprint density at radius 1 is 0.971 bits per heavy atom. The van der Waals surface area contributed by atoms with Crippen LogP contribution in [-0.2, 0) is 27.2 Å². The van der Waals surface area contributed by atoms with Crippen LogP contribution in [0.2, 0.25) is 0 Å². The summed E-state index contributed by atoms with van der Waals surface area (Å²) in [7, 11) is 2.66. The molecule has 3 aromatic carbocycles. The smallest absolute Gasteiger partial charge is 0.407 e. The van der Waals surface area contributed by atoms with E-state index in [1.54, 1.807) is 17.3 Å². The Hall–Kier alpha value is -6.31. The lowest BCUT2D eigenvalue weighted by molar-refractivity contribution is -0.135. The van der Waals surface area contributed by atoms with Gasteiger partial charge in [-0.25, -0.2) is 19.2 Å². The topological polar surface area (TPSA) is 204 Å². The van der Waals surface area contributed by atoms with Crippen LogP contribution < -0.4 is 20.1 Å². The molecule has 3 aromatic heterocycles. The fraction of sp³-hybridized carbons (Fsp3) is 0.451. The minimum atomic E-state index is -1.22. The molecule has 69 heavy (non-hydrogen) atoms. The summed E-state index contributed by atoms with van der Waals surface area (Å²) < 4.78 is 41.7. The Balaban J connectivity index is 1.03. The number of hydrogen-bond donors (Lipinski definition) is 6. The summed E-state index contributed by atoms with van der Waals surface area (Å²) in [6, 6.07) is 15.9. The standard InChI is InChI=1S/C51H62FN9O8/c1-8-16-59(47(62)44(27(2)3)57-50(64)66-6)26-42-53-24-35(55-42)30-13-14-37-33(19-30)21-39-43-34(52)20-32(23-41(43)69-49(61(37)39)31-12-11-29-15-18-68-40(29)22-31)36-25-54-46(56-36)38-10-9-17-60(38)48(63)45(28(4)5)58-51(65)67-7/h11-14,19-25,27-28,38,44-45,47,49-50,57,62,64H,8-10,15-18,26H2,1-7H3,(H,53,55)(H,54,56)(H,58,65). The Kier molecular flexibility index (Phi) is 13.8. The van der Waals surface area contributed by atoms with E-state index < -0.39 is 42.9 Å². The van der Waals surface area contributed by atoms with Crippen LogP contribution in [0.15, 0.2) is 67.0 Å². The van der Waals surface area contributed by atoms with E-state index >= 15 is 4.39 Å². The molecular weight excluding hydrogens is 886 g/mol. The highest BCUT2D eigenvalue weighted by molar-refractivity contribution is 5.93. The van der Waals surface area contributed by atoms with Gasteiger partial charge in [-0.3, -0.25) is 15.0 Å². The highest BCUT2D eigenvalue weighted by atomic mass is 19.1. The summed E-state index contributed by atoms with van der Waals surface area (Å²) in [5.41, 5.74) is 6.50. The van der Waals surface area contributed by atoms with E-state index in [2.05, 4.69) is 26.7 Å². The van der Waals surface area contributed by atoms with E-state index in [0.717, 1.165) is 58.3 Å². The van der Waals surface area contributed by atoms with Crippen LogP contribution >= 0.6 is 0 Å². The predicted molar refractivity (Wildman–Crippen MR) is 256 cm³/mol. The number of imidazole rings is 2. The Labute approximate surface area is 400 Å². The third-order valence-electron chi connectivity index (χ3n) is 13.6. The van der Waals surface area contributed by atoms with Crippen molar-refractivity contribution in [3.8, 4) is 45.3 Å². The molecule has 0 bridgehead atoms. The normalized spacial score (nSPS) is 18.2. The van der Waals surface area contributed by atoms with Crippen molar-refractivity contribution >= 4 is 22.9 Å². The zero-order chi connectivity index (χ0) is 48.7. The molecular formula is C51H62FN9O8. The summed E-state index contributed by atoms with van der Waals surface area (Å²) >= 11 is 0. The van der Waals surface area contributed by atoms with E-state index in [0.29, 0.717) is 72.6 Å². The number of ether oxygens (including phenoxy) is 4. The number of amides is 2. The average molecular weight is 948 g/mol. The third kappa shape index (κ3) is 9.43. The van der Waals surface area contributed by atoms with Gasteiger partial charge < -0.3 is 53.9 Å². The van der Waals surface area contributed by atoms with Gasteiger partial charge in [-0.15, -0.1) is 0 Å². The number of hydrogen-bond acceptors (Lipinski definition) is 12. The maximum absolute atomic E-state index is 16.9. The first kappa shape index (κ1) is 47.7. The van der Waals surface area contributed by atoms with Crippen molar-refractivity contribution < 1.29 is 43.1 Å². The number of methoxy groups -OCH3 is 2. The molecule has 9 rings (SSSR count). The molecule has 6 N–H and O–H groups in total. The van der Waals surface area contributed by atoms with Crippen LogP contribution in [0, 0.1) is 17.7 Å². The molecule has 6 aromatic rings. The molecule has 0 radical (unpaired) electrons. The second-order valence-electron chi connectivity index (χ2n) is 18.8. The number of nitrogens with zero attached hydrogens (tertiary/aromatic N) is 5. The van der Waals surface area contributed by atoms with Gasteiger partial charge in [0.15, 0.2) is 0 Å². The van der Waals surface area contributed by atoms with Crippen LogP contribution in [0.5, 0.6) is 11.5 Å². The minimum absolute atomic E-state index is 0.0130. The van der Waals surface area contributed by atoms with Crippen LogP contribution in [0.1, 0.15) is 88.9 Å². The largest absolute Gasteiger partial charge is 0.493 e. The number of likely N-dealkylation sites (tertiary alicyclic amines) is 1. The van der Waals surface area contributed by atoms with Gasteiger partial charge in [0.25, 0.3) is 0 Å². The number of rotatable bonds is 17. The van der Waals surface area contributed by atoms with Crippen molar-refractivity contribution in [3.05, 3.63) is 95.6 Å². The summed E-state index contributed by atoms with van der Waals surface area (Å²) in [6.07, 6.45) is 2.97. The van der Waals surface area contributed by atoms with E-state index in [4.69, 9.17) is 28.9 Å². The van der Waals surface area contributed by atoms with Gasteiger partial charge in [-0.1, -0.05) is 52.8 Å². The van der Waals surface area contributed by atoms with Crippen molar-refractivity contribution in [2.24, 2.45) is 11.8 Å². The molecule has 2 amide bonds. The molecule has 0 aliphatic carbocycles. The first-order valence-electron chi connectivity index (χ1n) is 23.8. The number of aromatic amines is 2. The highest BCUT2D eigenvalue weighted by Gasteiger charge is 2.38. The molecule has 17 nitrogen and oxygen atoms in total. The summed E-state index contributed by atoms with van der Waals surface area (Å²) in [6.45, 7) is 11.8. The van der Waals surface area contributed by atoms with Crippen LogP contribution in [-0.4, -0.2) is 115 Å². The van der Waals surface area contributed by atoms with E-state index in [1.807, 2.05) is 86.6 Å². The van der Waals surface area contributed by atoms with Crippen LogP contribution in [0.3, 0.4) is 0 Å². The number of H-pyrrole nitrogens is 2. The average Bonchev–Trinajstić information content (AvgIpc) is 4.20. The molecule has 6 heterocycles. The first-order valence-corrected chi connectivity index (χ1v) is 23.8. The molecule has 366 valence electrons. The second-order valence-corrected chi connectivity index (χ2v) is 18.8. The van der Waals surface area contributed by atoms with Gasteiger partial charge >= 0.3 is 6.09 Å². The number of carbonyl (C=O) groups excluding carboxylic acids is 2. The van der Waals surface area contributed by atoms with Crippen molar-refractivity contribution in [3.63, 3.8) is 0 Å². The molecule has 18 heteroatoms. The third-order valence-corrected chi connectivity index (χ3v) is 13.6. The number of alkyl carbamates (subject to hydrolysis) is 1. The molecule has 0 saturated carbocycles.